The molecule has 5 aromatic rings. The van der Waals surface area contributed by atoms with Gasteiger partial charge in [0.1, 0.15) is 11.5 Å². The lowest BCUT2D eigenvalue weighted by Crippen LogP contribution is -2.44. The number of benzene rings is 5. The predicted molar refractivity (Wildman–Crippen MR) is 235 cm³/mol. The second-order valence-electron chi connectivity index (χ2n) is 16.0. The minimum absolute atomic E-state index is 0.419. The van der Waals surface area contributed by atoms with Gasteiger partial charge in [-0.25, -0.2) is 0 Å². The van der Waals surface area contributed by atoms with Gasteiger partial charge in [-0.05, 0) is 150 Å². The third kappa shape index (κ3) is 9.61. The van der Waals surface area contributed by atoms with Crippen molar-refractivity contribution < 1.29 is 18.9 Å². The second kappa shape index (κ2) is 19.0. The van der Waals surface area contributed by atoms with Crippen molar-refractivity contribution in [3.05, 3.63) is 125 Å². The number of methoxy groups -OCH3 is 4. The highest BCUT2D eigenvalue weighted by molar-refractivity contribution is 5.71. The zero-order valence-electron chi connectivity index (χ0n) is 35.1. The number of anilines is 1. The van der Waals surface area contributed by atoms with E-state index in [0.717, 1.165) is 81.3 Å². The van der Waals surface area contributed by atoms with Gasteiger partial charge in [0.25, 0.3) is 0 Å². The van der Waals surface area contributed by atoms with Crippen molar-refractivity contribution in [3.8, 4) is 45.3 Å². The first-order valence-corrected chi connectivity index (χ1v) is 21.2. The monoisotopic (exact) mass is 766 g/mol. The number of piperidine rings is 1. The lowest BCUT2D eigenvalue weighted by Gasteiger charge is -2.40. The Kier molecular flexibility index (Phi) is 13.4. The van der Waals surface area contributed by atoms with E-state index in [-0.39, 0.29) is 0 Å². The first kappa shape index (κ1) is 40.3. The molecule has 6 heteroatoms. The Bertz CT molecular complexity index is 2080. The van der Waals surface area contributed by atoms with Crippen LogP contribution in [0.3, 0.4) is 0 Å². The normalized spacial score (nSPS) is 14.7. The van der Waals surface area contributed by atoms with Crippen molar-refractivity contribution >= 4 is 5.69 Å². The molecule has 57 heavy (non-hydrogen) atoms. The highest BCUT2D eigenvalue weighted by atomic mass is 16.5. The van der Waals surface area contributed by atoms with E-state index < -0.39 is 0 Å². The zero-order valence-corrected chi connectivity index (χ0v) is 35.1. The zero-order chi connectivity index (χ0) is 39.7. The number of nitrogens with zero attached hydrogens (tertiary/aromatic N) is 2. The molecule has 0 radical (unpaired) electrons. The van der Waals surface area contributed by atoms with E-state index >= 15 is 0 Å². The fourth-order valence-corrected chi connectivity index (χ4v) is 8.79. The van der Waals surface area contributed by atoms with Crippen molar-refractivity contribution in [1.29, 1.82) is 0 Å². The summed E-state index contributed by atoms with van der Waals surface area (Å²) in [4.78, 5) is 5.25. The number of ether oxygens (including phenoxy) is 4. The van der Waals surface area contributed by atoms with Gasteiger partial charge in [0.15, 0.2) is 11.5 Å². The van der Waals surface area contributed by atoms with Gasteiger partial charge in [0, 0.05) is 43.5 Å². The van der Waals surface area contributed by atoms with Gasteiger partial charge in [-0.2, -0.15) is 0 Å². The van der Waals surface area contributed by atoms with E-state index in [1.807, 2.05) is 7.11 Å². The summed E-state index contributed by atoms with van der Waals surface area (Å²) in [6, 6.07) is 36.4. The Labute approximate surface area is 341 Å². The number of rotatable bonds is 18. The van der Waals surface area contributed by atoms with Gasteiger partial charge in [0.05, 0.1) is 28.4 Å². The molecule has 5 aromatic carbocycles. The van der Waals surface area contributed by atoms with Gasteiger partial charge < -0.3 is 23.8 Å². The molecule has 0 unspecified atom stereocenters. The molecule has 1 saturated carbocycles. The van der Waals surface area contributed by atoms with Gasteiger partial charge in [-0.1, -0.05) is 69.2 Å². The van der Waals surface area contributed by atoms with Crippen LogP contribution in [0.25, 0.3) is 22.3 Å². The van der Waals surface area contributed by atoms with Gasteiger partial charge in [-0.15, -0.1) is 0 Å². The maximum Gasteiger partial charge on any atom is 0.164 e. The molecule has 0 spiro atoms. The fourth-order valence-electron chi connectivity index (χ4n) is 8.79. The van der Waals surface area contributed by atoms with E-state index in [4.69, 9.17) is 18.9 Å². The van der Waals surface area contributed by atoms with E-state index in [9.17, 15) is 0 Å². The number of aryl methyl sites for hydroxylation is 1. The summed E-state index contributed by atoms with van der Waals surface area (Å²) in [6.45, 7) is 8.42. The molecule has 0 aromatic heterocycles. The molecular weight excluding hydrogens is 705 g/mol. The summed E-state index contributed by atoms with van der Waals surface area (Å²) < 4.78 is 23.2. The minimum Gasteiger partial charge on any atom is -0.497 e. The van der Waals surface area contributed by atoms with E-state index in [2.05, 4.69) is 121 Å². The van der Waals surface area contributed by atoms with Crippen LogP contribution in [0.15, 0.2) is 97.1 Å². The van der Waals surface area contributed by atoms with Crippen LogP contribution in [0.5, 0.6) is 23.0 Å². The van der Waals surface area contributed by atoms with Crippen LogP contribution in [-0.4, -0.2) is 52.5 Å². The molecule has 6 nitrogen and oxygen atoms in total. The molecule has 0 N–H and O–H groups in total. The SMILES string of the molecule is CCCCc1c(CCC)cc(-c2cccc(CN3CCC(N(Cc4cccc(-c5cc(OC)c(OC)c(C6CC6)c5)c4)c4ccc(OC)cc4)CC3)c2)cc1OC. The van der Waals surface area contributed by atoms with Crippen molar-refractivity contribution in [2.45, 2.75) is 96.7 Å². The lowest BCUT2D eigenvalue weighted by molar-refractivity contribution is 0.201. The van der Waals surface area contributed by atoms with Crippen LogP contribution in [0.4, 0.5) is 5.69 Å². The number of likely N-dealkylation sites (tertiary alicyclic amines) is 1. The van der Waals surface area contributed by atoms with Crippen LogP contribution in [0.1, 0.15) is 92.5 Å². The highest BCUT2D eigenvalue weighted by Crippen LogP contribution is 2.49. The smallest absolute Gasteiger partial charge is 0.164 e. The van der Waals surface area contributed by atoms with Crippen molar-refractivity contribution in [2.75, 3.05) is 46.4 Å². The van der Waals surface area contributed by atoms with Crippen LogP contribution in [-0.2, 0) is 25.9 Å². The molecule has 7 rings (SSSR count). The van der Waals surface area contributed by atoms with Crippen molar-refractivity contribution in [2.24, 2.45) is 0 Å². The van der Waals surface area contributed by atoms with Gasteiger partial charge in [0.2, 0.25) is 0 Å². The molecule has 0 atom stereocenters. The van der Waals surface area contributed by atoms with E-state index in [1.165, 1.54) is 81.4 Å². The number of hydrogen-bond donors (Lipinski definition) is 0. The Morgan fingerprint density at radius 2 is 1.28 bits per heavy atom. The molecule has 0 bridgehead atoms. The van der Waals surface area contributed by atoms with Crippen LogP contribution in [0, 0.1) is 0 Å². The van der Waals surface area contributed by atoms with Crippen LogP contribution >= 0.6 is 0 Å². The minimum atomic E-state index is 0.419. The largest absolute Gasteiger partial charge is 0.497 e. The third-order valence-electron chi connectivity index (χ3n) is 12.0. The van der Waals surface area contributed by atoms with Crippen LogP contribution in [0.2, 0.25) is 0 Å². The summed E-state index contributed by atoms with van der Waals surface area (Å²) >= 11 is 0. The fraction of sp³-hybridized carbons (Fsp3) is 0.412. The van der Waals surface area contributed by atoms with Gasteiger partial charge >= 0.3 is 0 Å². The third-order valence-corrected chi connectivity index (χ3v) is 12.0. The summed E-state index contributed by atoms with van der Waals surface area (Å²) in [7, 11) is 7.03. The van der Waals surface area contributed by atoms with Gasteiger partial charge in [-0.3, -0.25) is 4.90 Å². The Balaban J connectivity index is 1.08. The highest BCUT2D eigenvalue weighted by Gasteiger charge is 2.30. The maximum absolute atomic E-state index is 5.98. The second-order valence-corrected chi connectivity index (χ2v) is 16.0. The van der Waals surface area contributed by atoms with E-state index in [0.29, 0.717) is 12.0 Å². The molecular formula is C51H62N2O4. The molecule has 300 valence electrons. The van der Waals surface area contributed by atoms with Crippen LogP contribution < -0.4 is 23.8 Å². The maximum atomic E-state index is 5.98. The Morgan fingerprint density at radius 3 is 1.91 bits per heavy atom. The molecule has 1 heterocycles. The first-order valence-electron chi connectivity index (χ1n) is 21.2. The number of hydrogen-bond acceptors (Lipinski definition) is 6. The van der Waals surface area contributed by atoms with Crippen molar-refractivity contribution in [3.63, 3.8) is 0 Å². The molecule has 0 amide bonds. The Hall–Kier alpha value is -4.94. The summed E-state index contributed by atoms with van der Waals surface area (Å²) in [5.41, 5.74) is 12.9. The van der Waals surface area contributed by atoms with E-state index in [1.54, 1.807) is 21.3 Å². The Morgan fingerprint density at radius 1 is 0.614 bits per heavy atom. The predicted octanol–water partition coefficient (Wildman–Crippen LogP) is 11.9. The molecule has 1 aliphatic heterocycles. The summed E-state index contributed by atoms with van der Waals surface area (Å²) in [5.74, 6) is 4.14. The molecule has 1 saturated heterocycles. The quantitative estimate of drug-likeness (QED) is 0.0885. The molecule has 2 aliphatic rings. The molecule has 2 fully saturated rings. The molecule has 1 aliphatic carbocycles. The lowest BCUT2D eigenvalue weighted by atomic mass is 9.92. The average molecular weight is 767 g/mol. The summed E-state index contributed by atoms with van der Waals surface area (Å²) in [6.07, 6.45) is 10.3. The standard InChI is InChI=1S/C51H62N2O4/c1-7-9-17-47-41(12-8-2)30-42(32-49(47)55-4)39-15-10-13-36(28-39)34-52-26-24-45(25-27-52)53(44-20-22-46(54-3)23-21-44)35-37-14-11-16-40(29-37)43-31-48(38-18-19-38)51(57-6)50(33-43)56-5/h10-11,13-16,20-23,28-33,38,45H,7-9,12,17-19,24-27,34-35H2,1-6H3. The van der Waals surface area contributed by atoms with Crippen molar-refractivity contribution in [1.82, 2.24) is 4.90 Å². The average Bonchev–Trinajstić information content (AvgIpc) is 4.11. The topological polar surface area (TPSA) is 43.4 Å². The number of unbranched alkanes of at least 4 members (excludes halogenated alkanes) is 1. The first-order chi connectivity index (χ1) is 27.9. The summed E-state index contributed by atoms with van der Waals surface area (Å²) in [5, 5.41) is 0.